The number of rotatable bonds is 8. The van der Waals surface area contributed by atoms with E-state index in [1.54, 1.807) is 42.5 Å². The molecule has 3 aromatic carbocycles. The molecule has 172 valence electrons. The number of hydrogen-bond donors (Lipinski definition) is 3. The molecule has 0 bridgehead atoms. The number of carboxylic acids is 1. The van der Waals surface area contributed by atoms with Crippen LogP contribution in [0.2, 0.25) is 0 Å². The fraction of sp³-hybridized carbons (Fsp3) is 0.0417. The number of aromatic amines is 1. The van der Waals surface area contributed by atoms with E-state index in [0.717, 1.165) is 12.1 Å². The quantitative estimate of drug-likeness (QED) is 0.198. The van der Waals surface area contributed by atoms with Gasteiger partial charge in [0, 0.05) is 33.4 Å². The number of H-pyrrole nitrogens is 1. The van der Waals surface area contributed by atoms with Crippen molar-refractivity contribution in [1.82, 2.24) is 4.98 Å². The molecule has 3 N–H and O–H groups in total. The maximum absolute atomic E-state index is 13.1. The van der Waals surface area contributed by atoms with Crippen LogP contribution < -0.4 is 4.72 Å². The molecule has 0 saturated carbocycles. The van der Waals surface area contributed by atoms with Crippen molar-refractivity contribution in [3.8, 4) is 11.3 Å². The fourth-order valence-electron chi connectivity index (χ4n) is 3.36. The van der Waals surface area contributed by atoms with E-state index in [9.17, 15) is 27.2 Å². The van der Waals surface area contributed by atoms with Crippen molar-refractivity contribution in [3.63, 3.8) is 0 Å². The lowest BCUT2D eigenvalue weighted by atomic mass is 10.0. The molecule has 0 unspecified atom stereocenters. The number of benzene rings is 3. The minimum atomic E-state index is -3.92. The first-order valence-corrected chi connectivity index (χ1v) is 11.4. The molecule has 4 rings (SSSR count). The molecule has 34 heavy (non-hydrogen) atoms. The van der Waals surface area contributed by atoms with E-state index in [2.05, 4.69) is 9.71 Å². The average molecular weight is 480 g/mol. The minimum absolute atomic E-state index is 0.0801. The highest BCUT2D eigenvalue weighted by atomic mass is 32.2. The zero-order valence-electron chi connectivity index (χ0n) is 17.4. The van der Waals surface area contributed by atoms with Gasteiger partial charge in [0.15, 0.2) is 5.78 Å². The third-order valence-corrected chi connectivity index (χ3v) is 6.45. The monoisotopic (exact) mass is 480 g/mol. The van der Waals surface area contributed by atoms with Gasteiger partial charge in [-0.1, -0.05) is 12.1 Å². The summed E-state index contributed by atoms with van der Waals surface area (Å²) in [5.74, 6) is -3.99. The Morgan fingerprint density at radius 3 is 2.38 bits per heavy atom. The van der Waals surface area contributed by atoms with Crippen LogP contribution in [-0.2, 0) is 19.6 Å². The van der Waals surface area contributed by atoms with E-state index in [4.69, 9.17) is 5.11 Å². The Labute approximate surface area is 193 Å². The number of ketones is 2. The predicted molar refractivity (Wildman–Crippen MR) is 123 cm³/mol. The lowest BCUT2D eigenvalue weighted by Crippen LogP contribution is -2.17. The number of aliphatic carboxylic acids is 1. The summed E-state index contributed by atoms with van der Waals surface area (Å²) in [4.78, 5) is 37.3. The summed E-state index contributed by atoms with van der Waals surface area (Å²) >= 11 is 0. The number of sulfonamides is 1. The first-order valence-electron chi connectivity index (χ1n) is 9.93. The highest BCUT2D eigenvalue weighted by Crippen LogP contribution is 2.28. The molecule has 1 heterocycles. The maximum atomic E-state index is 13.1. The Morgan fingerprint density at radius 1 is 0.941 bits per heavy atom. The first-order chi connectivity index (χ1) is 16.1. The second-order valence-corrected chi connectivity index (χ2v) is 9.14. The van der Waals surface area contributed by atoms with Crippen molar-refractivity contribution >= 4 is 44.1 Å². The molecule has 1 aromatic heterocycles. The summed E-state index contributed by atoms with van der Waals surface area (Å²) < 4.78 is 40.7. The van der Waals surface area contributed by atoms with Gasteiger partial charge in [0.25, 0.3) is 10.0 Å². The van der Waals surface area contributed by atoms with Crippen molar-refractivity contribution in [2.45, 2.75) is 11.3 Å². The minimum Gasteiger partial charge on any atom is -0.475 e. The summed E-state index contributed by atoms with van der Waals surface area (Å²) in [7, 11) is -3.92. The van der Waals surface area contributed by atoms with Crippen LogP contribution in [0.3, 0.4) is 0 Å². The van der Waals surface area contributed by atoms with Gasteiger partial charge in [-0.3, -0.25) is 14.3 Å². The molecule has 0 aliphatic heterocycles. The molecular weight excluding hydrogens is 463 g/mol. The number of hydrogen-bond acceptors (Lipinski definition) is 5. The number of nitrogens with one attached hydrogen (secondary N) is 2. The molecule has 0 amide bonds. The third-order valence-electron chi connectivity index (χ3n) is 5.05. The van der Waals surface area contributed by atoms with Crippen molar-refractivity contribution in [1.29, 1.82) is 0 Å². The van der Waals surface area contributed by atoms with Crippen LogP contribution in [0, 0.1) is 5.82 Å². The fourth-order valence-corrected chi connectivity index (χ4v) is 4.41. The number of halogens is 1. The molecule has 8 nitrogen and oxygen atoms in total. The van der Waals surface area contributed by atoms with Gasteiger partial charge in [0.2, 0.25) is 5.78 Å². The van der Waals surface area contributed by atoms with Crippen LogP contribution >= 0.6 is 0 Å². The summed E-state index contributed by atoms with van der Waals surface area (Å²) in [5, 5.41) is 9.34. The number of carboxylic acid groups (broad SMARTS) is 1. The van der Waals surface area contributed by atoms with Crippen molar-refractivity contribution in [3.05, 3.63) is 84.2 Å². The molecule has 0 radical (unpaired) electrons. The normalized spacial score (nSPS) is 11.3. The highest BCUT2D eigenvalue weighted by Gasteiger charge is 2.19. The Balaban J connectivity index is 1.59. The summed E-state index contributed by atoms with van der Waals surface area (Å²) in [6, 6.07) is 17.5. The van der Waals surface area contributed by atoms with E-state index in [1.807, 2.05) is 0 Å². The van der Waals surface area contributed by atoms with E-state index < -0.39 is 39.8 Å². The first kappa shape index (κ1) is 22.9. The van der Waals surface area contributed by atoms with Crippen LogP contribution in [0.5, 0.6) is 0 Å². The second-order valence-electron chi connectivity index (χ2n) is 7.45. The predicted octanol–water partition coefficient (Wildman–Crippen LogP) is 4.00. The molecule has 0 fully saturated rings. The SMILES string of the molecule is O=C(O)C(=O)CC(=O)c1ccc2[nH]c(-c3cccc(NS(=O)(=O)c4ccc(F)cc4)c3)cc2c1. The number of carbonyl (C=O) groups excluding carboxylic acids is 2. The van der Waals surface area contributed by atoms with E-state index in [1.165, 1.54) is 18.2 Å². The number of anilines is 1. The van der Waals surface area contributed by atoms with Gasteiger partial charge in [-0.25, -0.2) is 17.6 Å². The van der Waals surface area contributed by atoms with Gasteiger partial charge in [-0.15, -0.1) is 0 Å². The van der Waals surface area contributed by atoms with Gasteiger partial charge in [-0.05, 0) is 60.7 Å². The molecule has 0 saturated heterocycles. The summed E-state index contributed by atoms with van der Waals surface area (Å²) in [6.45, 7) is 0. The zero-order valence-corrected chi connectivity index (χ0v) is 18.2. The van der Waals surface area contributed by atoms with Gasteiger partial charge < -0.3 is 10.1 Å². The number of aromatic nitrogens is 1. The Hall–Kier alpha value is -4.31. The van der Waals surface area contributed by atoms with E-state index in [-0.39, 0.29) is 10.5 Å². The van der Waals surface area contributed by atoms with Crippen LogP contribution in [0.25, 0.3) is 22.2 Å². The topological polar surface area (TPSA) is 133 Å². The highest BCUT2D eigenvalue weighted by molar-refractivity contribution is 7.92. The van der Waals surface area contributed by atoms with Crippen LogP contribution in [-0.4, -0.2) is 36.0 Å². The largest absolute Gasteiger partial charge is 0.475 e. The molecule has 0 aliphatic rings. The van der Waals surface area contributed by atoms with Gasteiger partial charge >= 0.3 is 5.97 Å². The van der Waals surface area contributed by atoms with Crippen molar-refractivity contribution in [2.75, 3.05) is 4.72 Å². The summed E-state index contributed by atoms with van der Waals surface area (Å²) in [6.07, 6.45) is -0.728. The molecule has 10 heteroatoms. The molecule has 0 aliphatic carbocycles. The van der Waals surface area contributed by atoms with Gasteiger partial charge in [-0.2, -0.15) is 0 Å². The number of Topliss-reactive ketones (excluding diaryl/α,β-unsaturated/α-hetero) is 2. The van der Waals surface area contributed by atoms with Gasteiger partial charge in [0.1, 0.15) is 5.82 Å². The van der Waals surface area contributed by atoms with Gasteiger partial charge in [0.05, 0.1) is 11.3 Å². The van der Waals surface area contributed by atoms with E-state index >= 15 is 0 Å². The third kappa shape index (κ3) is 4.86. The maximum Gasteiger partial charge on any atom is 0.372 e. The molecule has 0 atom stereocenters. The summed E-state index contributed by atoms with van der Waals surface area (Å²) in [5.41, 5.74) is 2.49. The van der Waals surface area contributed by atoms with Crippen LogP contribution in [0.4, 0.5) is 10.1 Å². The smallest absolute Gasteiger partial charge is 0.372 e. The van der Waals surface area contributed by atoms with E-state index in [0.29, 0.717) is 27.8 Å². The Bertz CT molecular complexity index is 1540. The lowest BCUT2D eigenvalue weighted by Gasteiger charge is -2.09. The second kappa shape index (κ2) is 8.91. The van der Waals surface area contributed by atoms with Crippen LogP contribution in [0.1, 0.15) is 16.8 Å². The lowest BCUT2D eigenvalue weighted by molar-refractivity contribution is -0.148. The molecule has 0 spiro atoms. The average Bonchev–Trinajstić information content (AvgIpc) is 3.22. The number of carbonyl (C=O) groups is 3. The standard InChI is InChI=1S/C24H17FN2O6S/c25-17-5-7-19(8-6-17)34(32,33)27-18-3-1-2-14(11-18)21-12-16-10-15(4-9-20(16)26-21)22(28)13-23(29)24(30)31/h1-12,26-27H,13H2,(H,30,31). The number of fused-ring (bicyclic) bond motifs is 1. The van der Waals surface area contributed by atoms with Crippen LogP contribution in [0.15, 0.2) is 77.7 Å². The molecular formula is C24H17FN2O6S. The Morgan fingerprint density at radius 2 is 1.68 bits per heavy atom. The van der Waals surface area contributed by atoms with Crippen molar-refractivity contribution in [2.24, 2.45) is 0 Å². The Kier molecular flexibility index (Phi) is 5.99. The van der Waals surface area contributed by atoms with Crippen molar-refractivity contribution < 1.29 is 32.3 Å². The molecule has 4 aromatic rings. The zero-order chi connectivity index (χ0) is 24.5.